The molecule has 18 nitrogen and oxygen atoms in total. The van der Waals surface area contributed by atoms with Gasteiger partial charge in [0.15, 0.2) is 34.5 Å². The molecule has 1 unspecified atom stereocenters. The van der Waals surface area contributed by atoms with E-state index in [4.69, 9.17) is 14.2 Å². The molecule has 368 valence electrons. The summed E-state index contributed by atoms with van der Waals surface area (Å²) in [6.07, 6.45) is -7.12. The van der Waals surface area contributed by atoms with Crippen LogP contribution >= 0.6 is 0 Å². The van der Waals surface area contributed by atoms with Crippen molar-refractivity contribution < 1.29 is 55.2 Å². The van der Waals surface area contributed by atoms with Gasteiger partial charge < -0.3 is 29.5 Å². The van der Waals surface area contributed by atoms with Gasteiger partial charge in [-0.1, -0.05) is 56.3 Å². The van der Waals surface area contributed by atoms with E-state index in [2.05, 4.69) is 45.8 Å². The molecule has 71 heavy (non-hydrogen) atoms. The number of amides is 2. The number of hydrogen-bond donors (Lipinski definition) is 3. The fraction of sp³-hybridized carbons (Fsp3) is 0.255. The lowest BCUT2D eigenvalue weighted by molar-refractivity contribution is -0.137. The van der Waals surface area contributed by atoms with Crippen LogP contribution in [0.1, 0.15) is 51.5 Å². The van der Waals surface area contributed by atoms with Gasteiger partial charge in [0.2, 0.25) is 11.8 Å². The molecule has 0 radical (unpaired) electrons. The number of rotatable bonds is 13. The van der Waals surface area contributed by atoms with Crippen molar-refractivity contribution in [3.05, 3.63) is 132 Å². The van der Waals surface area contributed by atoms with Crippen LogP contribution in [0, 0.1) is 6.92 Å². The van der Waals surface area contributed by atoms with E-state index in [0.717, 1.165) is 21.2 Å². The Morgan fingerprint density at radius 1 is 0.761 bits per heavy atom. The SMILES string of the molecule is CC.Cc1c(-c2ccccc2C(F)(F)F)nn2c(C(=O)Nc3cccc(N4CCOCC4)n3)cnc2c1OC(CO)COc1ccnc(NC(=O)c2cnc3ccc(-c4ccccc4C(F)(F)F)nn23)n1. The van der Waals surface area contributed by atoms with Crippen molar-refractivity contribution in [2.45, 2.75) is 39.2 Å². The van der Waals surface area contributed by atoms with Crippen molar-refractivity contribution in [2.24, 2.45) is 0 Å². The predicted molar refractivity (Wildman–Crippen MR) is 245 cm³/mol. The molecular formula is C47H42F6N12O6. The second kappa shape index (κ2) is 20.8. The molecule has 0 bridgehead atoms. The first-order chi connectivity index (χ1) is 34.2. The first-order valence-electron chi connectivity index (χ1n) is 21.9. The van der Waals surface area contributed by atoms with E-state index in [9.17, 15) is 41.0 Å². The van der Waals surface area contributed by atoms with Gasteiger partial charge in [0.05, 0.1) is 54.7 Å². The number of carbonyl (C=O) groups is 2. The lowest BCUT2D eigenvalue weighted by Gasteiger charge is -2.27. The number of aromatic nitrogens is 9. The van der Waals surface area contributed by atoms with Gasteiger partial charge >= 0.3 is 12.4 Å². The van der Waals surface area contributed by atoms with Gasteiger partial charge in [-0.25, -0.2) is 29.0 Å². The van der Waals surface area contributed by atoms with E-state index in [-0.39, 0.29) is 74.2 Å². The number of ether oxygens (including phenoxy) is 3. The highest BCUT2D eigenvalue weighted by molar-refractivity contribution is 6.03. The molecule has 8 aromatic rings. The number of imidazole rings is 2. The van der Waals surface area contributed by atoms with Crippen LogP contribution in [-0.4, -0.2) is 107 Å². The van der Waals surface area contributed by atoms with E-state index in [1.165, 1.54) is 80.1 Å². The van der Waals surface area contributed by atoms with E-state index in [1.807, 2.05) is 18.7 Å². The van der Waals surface area contributed by atoms with Gasteiger partial charge in [0.1, 0.15) is 18.2 Å². The predicted octanol–water partition coefficient (Wildman–Crippen LogP) is 7.82. The van der Waals surface area contributed by atoms with Crippen molar-refractivity contribution in [2.75, 3.05) is 55.1 Å². The average molecular weight is 985 g/mol. The molecule has 6 aromatic heterocycles. The number of nitrogens with zero attached hydrogens (tertiary/aromatic N) is 10. The second-order valence-electron chi connectivity index (χ2n) is 15.2. The highest BCUT2D eigenvalue weighted by Gasteiger charge is 2.36. The first-order valence-corrected chi connectivity index (χ1v) is 21.9. The lowest BCUT2D eigenvalue weighted by Crippen LogP contribution is -2.36. The van der Waals surface area contributed by atoms with Crippen LogP contribution in [0.3, 0.4) is 0 Å². The Labute approximate surface area is 399 Å². The van der Waals surface area contributed by atoms with Crippen LogP contribution in [0.4, 0.5) is 43.9 Å². The van der Waals surface area contributed by atoms with Crippen molar-refractivity contribution in [1.82, 2.24) is 44.1 Å². The highest BCUT2D eigenvalue weighted by atomic mass is 19.4. The molecule has 9 rings (SSSR count). The van der Waals surface area contributed by atoms with E-state index in [0.29, 0.717) is 32.1 Å². The zero-order valence-electron chi connectivity index (χ0n) is 37.9. The first kappa shape index (κ1) is 49.2. The van der Waals surface area contributed by atoms with Gasteiger partial charge in [-0.15, -0.1) is 0 Å². The number of alkyl halides is 6. The van der Waals surface area contributed by atoms with E-state index < -0.39 is 54.6 Å². The fourth-order valence-corrected chi connectivity index (χ4v) is 7.43. The number of aliphatic hydroxyl groups excluding tert-OH is 1. The smallest absolute Gasteiger partial charge is 0.417 e. The van der Waals surface area contributed by atoms with Crippen LogP contribution in [0.5, 0.6) is 11.6 Å². The number of nitrogens with one attached hydrogen (secondary N) is 2. The summed E-state index contributed by atoms with van der Waals surface area (Å²) in [5, 5.41) is 24.5. The molecule has 1 saturated heterocycles. The number of halogens is 6. The van der Waals surface area contributed by atoms with E-state index in [1.54, 1.807) is 18.2 Å². The monoisotopic (exact) mass is 984 g/mol. The maximum atomic E-state index is 14.4. The largest absolute Gasteiger partial charge is 0.480 e. The third kappa shape index (κ3) is 10.7. The minimum absolute atomic E-state index is 0.0718. The molecule has 1 fully saturated rings. The van der Waals surface area contributed by atoms with Gasteiger partial charge in [-0.2, -0.15) is 41.5 Å². The molecule has 0 spiro atoms. The lowest BCUT2D eigenvalue weighted by atomic mass is 10.0. The third-order valence-electron chi connectivity index (χ3n) is 10.7. The minimum atomic E-state index is -4.80. The number of benzene rings is 2. The van der Waals surface area contributed by atoms with Crippen LogP contribution in [0.25, 0.3) is 33.8 Å². The number of pyridine rings is 1. The van der Waals surface area contributed by atoms with Crippen LogP contribution < -0.4 is 25.0 Å². The molecule has 1 aliphatic rings. The minimum Gasteiger partial charge on any atom is -0.480 e. The summed E-state index contributed by atoms with van der Waals surface area (Å²) in [5.74, 6) is -1.30. The van der Waals surface area contributed by atoms with Gasteiger partial charge in [-0.3, -0.25) is 14.9 Å². The molecule has 1 aliphatic heterocycles. The van der Waals surface area contributed by atoms with E-state index >= 15 is 0 Å². The van der Waals surface area contributed by atoms with Crippen molar-refractivity contribution in [1.29, 1.82) is 0 Å². The van der Waals surface area contributed by atoms with Crippen LogP contribution in [0.2, 0.25) is 0 Å². The van der Waals surface area contributed by atoms with Crippen LogP contribution in [-0.2, 0) is 17.1 Å². The highest BCUT2D eigenvalue weighted by Crippen LogP contribution is 2.41. The zero-order valence-corrected chi connectivity index (χ0v) is 37.9. The maximum Gasteiger partial charge on any atom is 0.417 e. The zero-order chi connectivity index (χ0) is 50.5. The molecule has 2 aromatic carbocycles. The summed E-state index contributed by atoms with van der Waals surface area (Å²) in [5.41, 5.74) is -2.92. The molecular weight excluding hydrogens is 943 g/mol. The molecule has 0 saturated carbocycles. The van der Waals surface area contributed by atoms with Gasteiger partial charge in [-0.05, 0) is 43.3 Å². The summed E-state index contributed by atoms with van der Waals surface area (Å²) in [4.78, 5) is 50.6. The second-order valence-corrected chi connectivity index (χ2v) is 15.2. The number of morpholine rings is 1. The van der Waals surface area contributed by atoms with Gasteiger partial charge in [0, 0.05) is 42.0 Å². The molecule has 3 N–H and O–H groups in total. The molecule has 24 heteroatoms. The summed E-state index contributed by atoms with van der Waals surface area (Å²) < 4.78 is 104. The number of aliphatic hydroxyl groups is 1. The Hall–Kier alpha value is -8.25. The summed E-state index contributed by atoms with van der Waals surface area (Å²) in [6.45, 7) is 6.52. The standard InChI is InChI=1S/C45H36F6N12O6.C2H6/c1-25-38(28-8-3-5-10-30(28)45(49,50)51)60-63-33(41(65)56-34-11-6-12-36(55-34)61-17-19-67-20-18-61)22-54-40(63)39(25)69-26(23-64)24-68-37-15-16-52-43(57-37)58-42(66)32-21-53-35-14-13-31(59-62(32)35)27-7-2-4-9-29(27)44(46,47)48;1-2/h2-16,21-22,26,64H,17-20,23-24H2,1H3,(H,55,56,65)(H,52,57,58,66);1-2H3. The maximum absolute atomic E-state index is 14.4. The molecule has 0 aliphatic carbocycles. The summed E-state index contributed by atoms with van der Waals surface area (Å²) in [6, 6.07) is 18.8. The van der Waals surface area contributed by atoms with Gasteiger partial charge in [0.25, 0.3) is 11.8 Å². The number of anilines is 3. The normalized spacial score (nSPS) is 13.4. The summed E-state index contributed by atoms with van der Waals surface area (Å²) in [7, 11) is 0. The third-order valence-corrected chi connectivity index (χ3v) is 10.7. The molecule has 1 atom stereocenters. The fourth-order valence-electron chi connectivity index (χ4n) is 7.43. The molecule has 2 amide bonds. The Balaban J connectivity index is 0.00000334. The summed E-state index contributed by atoms with van der Waals surface area (Å²) >= 11 is 0. The molecule has 7 heterocycles. The Kier molecular flexibility index (Phi) is 14.4. The average Bonchev–Trinajstić information content (AvgIpc) is 4.01. The number of fused-ring (bicyclic) bond motifs is 2. The Bertz CT molecular complexity index is 3210. The van der Waals surface area contributed by atoms with Crippen molar-refractivity contribution in [3.63, 3.8) is 0 Å². The van der Waals surface area contributed by atoms with Crippen molar-refractivity contribution in [3.8, 4) is 34.1 Å². The number of hydrogen-bond acceptors (Lipinski definition) is 14. The number of carbonyl (C=O) groups excluding carboxylic acids is 2. The van der Waals surface area contributed by atoms with Crippen LogP contribution in [0.15, 0.2) is 104 Å². The topological polar surface area (TPSA) is 208 Å². The Morgan fingerprint density at radius 2 is 1.42 bits per heavy atom. The Morgan fingerprint density at radius 3 is 2.14 bits per heavy atom. The van der Waals surface area contributed by atoms with Crippen molar-refractivity contribution >= 4 is 40.7 Å². The quantitative estimate of drug-likeness (QED) is 0.0942.